The molecule has 0 bridgehead atoms. The first-order valence-electron chi connectivity index (χ1n) is 7.57. The van der Waals surface area contributed by atoms with E-state index >= 15 is 0 Å². The van der Waals surface area contributed by atoms with Gasteiger partial charge in [-0.15, -0.1) is 0 Å². The van der Waals surface area contributed by atoms with Crippen molar-refractivity contribution in [3.63, 3.8) is 0 Å². The summed E-state index contributed by atoms with van der Waals surface area (Å²) in [5.74, 6) is -0.330. The zero-order chi connectivity index (χ0) is 17.8. The predicted octanol–water partition coefficient (Wildman–Crippen LogP) is 2.95. The summed E-state index contributed by atoms with van der Waals surface area (Å²) < 4.78 is 43.0. The summed E-state index contributed by atoms with van der Waals surface area (Å²) in [6.45, 7) is 0.0944. The average Bonchev–Trinajstić information content (AvgIpc) is 2.50. The number of methoxy groups -OCH3 is 1. The number of benzene rings is 1. The van der Waals surface area contributed by atoms with Crippen molar-refractivity contribution >= 4 is 12.0 Å². The van der Waals surface area contributed by atoms with Gasteiger partial charge in [0.1, 0.15) is 0 Å². The Morgan fingerprint density at radius 1 is 1.29 bits per heavy atom. The number of alkyl halides is 3. The van der Waals surface area contributed by atoms with E-state index in [1.807, 2.05) is 0 Å². The number of amides is 2. The van der Waals surface area contributed by atoms with Crippen molar-refractivity contribution in [2.24, 2.45) is 0 Å². The average molecular weight is 344 g/mol. The quantitative estimate of drug-likeness (QED) is 0.863. The fraction of sp³-hybridized carbons (Fsp3) is 0.500. The molecule has 132 valence electrons. The number of rotatable bonds is 5. The van der Waals surface area contributed by atoms with Crippen LogP contribution in [-0.4, -0.2) is 25.7 Å². The molecular weight excluding hydrogens is 325 g/mol. The van der Waals surface area contributed by atoms with Gasteiger partial charge in [-0.05, 0) is 37.0 Å². The molecule has 0 heterocycles. The van der Waals surface area contributed by atoms with Crippen LogP contribution in [0.15, 0.2) is 24.3 Å². The monoisotopic (exact) mass is 344 g/mol. The zero-order valence-electron chi connectivity index (χ0n) is 13.2. The SMILES string of the molecule is COC(=O)NCCC(=O)NC1(c2cccc(C(F)(F)F)c2)CCC1. The second-order valence-electron chi connectivity index (χ2n) is 5.73. The molecule has 0 saturated heterocycles. The van der Waals surface area contributed by atoms with Crippen molar-refractivity contribution in [2.75, 3.05) is 13.7 Å². The summed E-state index contributed by atoms with van der Waals surface area (Å²) in [6.07, 6.45) is -3.03. The van der Waals surface area contributed by atoms with Crippen molar-refractivity contribution in [3.05, 3.63) is 35.4 Å². The van der Waals surface area contributed by atoms with E-state index < -0.39 is 23.4 Å². The third kappa shape index (κ3) is 4.18. The molecule has 1 aliphatic rings. The molecule has 2 rings (SSSR count). The maximum Gasteiger partial charge on any atom is 0.416 e. The van der Waals surface area contributed by atoms with E-state index in [-0.39, 0.29) is 18.9 Å². The number of ether oxygens (including phenoxy) is 1. The van der Waals surface area contributed by atoms with Crippen molar-refractivity contribution in [2.45, 2.75) is 37.4 Å². The van der Waals surface area contributed by atoms with E-state index in [0.29, 0.717) is 18.4 Å². The molecule has 0 unspecified atom stereocenters. The normalized spacial score (nSPS) is 16.0. The maximum atomic E-state index is 12.9. The molecule has 1 fully saturated rings. The van der Waals surface area contributed by atoms with Gasteiger partial charge in [0, 0.05) is 13.0 Å². The number of halogens is 3. The van der Waals surface area contributed by atoms with Crippen molar-refractivity contribution in [1.29, 1.82) is 0 Å². The zero-order valence-corrected chi connectivity index (χ0v) is 13.2. The van der Waals surface area contributed by atoms with Crippen LogP contribution < -0.4 is 10.6 Å². The van der Waals surface area contributed by atoms with Gasteiger partial charge in [-0.1, -0.05) is 12.1 Å². The summed E-state index contributed by atoms with van der Waals surface area (Å²) in [7, 11) is 1.21. The molecule has 0 aliphatic heterocycles. The lowest BCUT2D eigenvalue weighted by atomic mass is 9.71. The molecule has 2 N–H and O–H groups in total. The molecule has 24 heavy (non-hydrogen) atoms. The highest BCUT2D eigenvalue weighted by Gasteiger charge is 2.41. The number of nitrogens with one attached hydrogen (secondary N) is 2. The molecule has 1 saturated carbocycles. The molecule has 2 amide bonds. The lowest BCUT2D eigenvalue weighted by molar-refractivity contribution is -0.137. The van der Waals surface area contributed by atoms with Crippen LogP contribution in [0.25, 0.3) is 0 Å². The van der Waals surface area contributed by atoms with Crippen LogP contribution in [0.4, 0.5) is 18.0 Å². The molecule has 0 atom stereocenters. The van der Waals surface area contributed by atoms with Gasteiger partial charge in [0.2, 0.25) is 5.91 Å². The van der Waals surface area contributed by atoms with Gasteiger partial charge in [0.25, 0.3) is 0 Å². The van der Waals surface area contributed by atoms with E-state index in [4.69, 9.17) is 0 Å². The summed E-state index contributed by atoms with van der Waals surface area (Å²) >= 11 is 0. The van der Waals surface area contributed by atoms with Crippen LogP contribution in [0, 0.1) is 0 Å². The largest absolute Gasteiger partial charge is 0.453 e. The highest BCUT2D eigenvalue weighted by Crippen LogP contribution is 2.42. The first-order valence-corrected chi connectivity index (χ1v) is 7.57. The summed E-state index contributed by atoms with van der Waals surface area (Å²) in [6, 6.07) is 5.05. The van der Waals surface area contributed by atoms with Gasteiger partial charge >= 0.3 is 12.3 Å². The van der Waals surface area contributed by atoms with Crippen LogP contribution in [-0.2, 0) is 21.2 Å². The van der Waals surface area contributed by atoms with Crippen LogP contribution in [0.3, 0.4) is 0 Å². The number of carbonyl (C=O) groups excluding carboxylic acids is 2. The number of hydrogen-bond acceptors (Lipinski definition) is 3. The third-order valence-corrected chi connectivity index (χ3v) is 4.14. The van der Waals surface area contributed by atoms with Gasteiger partial charge in [-0.3, -0.25) is 4.79 Å². The summed E-state index contributed by atoms with van der Waals surface area (Å²) in [4.78, 5) is 23.0. The third-order valence-electron chi connectivity index (χ3n) is 4.14. The highest BCUT2D eigenvalue weighted by molar-refractivity contribution is 5.78. The number of carbonyl (C=O) groups is 2. The van der Waals surface area contributed by atoms with Crippen LogP contribution in [0.5, 0.6) is 0 Å². The fourth-order valence-corrected chi connectivity index (χ4v) is 2.69. The molecule has 0 radical (unpaired) electrons. The standard InChI is InChI=1S/C16H19F3N2O3/c1-24-14(23)20-9-6-13(22)21-15(7-3-8-15)11-4-2-5-12(10-11)16(17,18)19/h2,4-5,10H,3,6-9H2,1H3,(H,20,23)(H,21,22). The Hall–Kier alpha value is -2.25. The maximum absolute atomic E-state index is 12.9. The van der Waals surface area contributed by atoms with Gasteiger partial charge in [0.15, 0.2) is 0 Å². The Morgan fingerprint density at radius 3 is 2.54 bits per heavy atom. The minimum Gasteiger partial charge on any atom is -0.453 e. The molecule has 0 aromatic heterocycles. The van der Waals surface area contributed by atoms with E-state index in [9.17, 15) is 22.8 Å². The Kier molecular flexibility index (Phi) is 5.36. The summed E-state index contributed by atoms with van der Waals surface area (Å²) in [5, 5.41) is 5.20. The molecule has 1 aromatic carbocycles. The topological polar surface area (TPSA) is 67.4 Å². The first kappa shape index (κ1) is 18.1. The van der Waals surface area contributed by atoms with Crippen LogP contribution >= 0.6 is 0 Å². The lowest BCUT2D eigenvalue weighted by Gasteiger charge is -2.43. The number of hydrogen-bond donors (Lipinski definition) is 2. The molecule has 1 aromatic rings. The Morgan fingerprint density at radius 2 is 2.00 bits per heavy atom. The van der Waals surface area contributed by atoms with Gasteiger partial charge in [0.05, 0.1) is 18.2 Å². The van der Waals surface area contributed by atoms with Gasteiger partial charge in [-0.25, -0.2) is 4.79 Å². The van der Waals surface area contributed by atoms with Crippen molar-refractivity contribution in [1.82, 2.24) is 10.6 Å². The lowest BCUT2D eigenvalue weighted by Crippen LogP contribution is -2.51. The Balaban J connectivity index is 2.04. The number of alkyl carbamates (subject to hydrolysis) is 1. The van der Waals surface area contributed by atoms with E-state index in [1.165, 1.54) is 13.2 Å². The second-order valence-corrected chi connectivity index (χ2v) is 5.73. The molecule has 0 spiro atoms. The van der Waals surface area contributed by atoms with E-state index in [0.717, 1.165) is 18.6 Å². The Bertz CT molecular complexity index is 613. The first-order chi connectivity index (χ1) is 11.3. The van der Waals surface area contributed by atoms with E-state index in [1.54, 1.807) is 6.07 Å². The summed E-state index contributed by atoms with van der Waals surface area (Å²) in [5.41, 5.74) is -1.03. The predicted molar refractivity (Wildman–Crippen MR) is 80.1 cm³/mol. The van der Waals surface area contributed by atoms with Crippen molar-refractivity contribution in [3.8, 4) is 0 Å². The van der Waals surface area contributed by atoms with Crippen LogP contribution in [0.2, 0.25) is 0 Å². The minimum atomic E-state index is -4.42. The second kappa shape index (κ2) is 7.11. The van der Waals surface area contributed by atoms with Gasteiger partial charge in [-0.2, -0.15) is 13.2 Å². The minimum absolute atomic E-state index is 0.0236. The van der Waals surface area contributed by atoms with Crippen LogP contribution in [0.1, 0.15) is 36.8 Å². The molecule has 1 aliphatic carbocycles. The fourth-order valence-electron chi connectivity index (χ4n) is 2.69. The Labute approximate surface area is 137 Å². The highest BCUT2D eigenvalue weighted by atomic mass is 19.4. The van der Waals surface area contributed by atoms with Crippen molar-refractivity contribution < 1.29 is 27.5 Å². The molecule has 8 heteroatoms. The molecule has 5 nitrogen and oxygen atoms in total. The van der Waals surface area contributed by atoms with E-state index in [2.05, 4.69) is 15.4 Å². The molecular formula is C16H19F3N2O3. The van der Waals surface area contributed by atoms with Gasteiger partial charge < -0.3 is 15.4 Å². The smallest absolute Gasteiger partial charge is 0.416 e.